The molecule has 0 radical (unpaired) electrons. The van der Waals surface area contributed by atoms with Crippen molar-refractivity contribution in [3.05, 3.63) is 75.4 Å². The van der Waals surface area contributed by atoms with Crippen LogP contribution in [0.15, 0.2) is 47.6 Å². The van der Waals surface area contributed by atoms with Gasteiger partial charge in [0.2, 0.25) is 0 Å². The zero-order valence-electron chi connectivity index (χ0n) is 17.5. The van der Waals surface area contributed by atoms with E-state index in [1.54, 1.807) is 18.2 Å². The highest BCUT2D eigenvalue weighted by atomic mass is 16.3. The maximum Gasteiger partial charge on any atom is 0.157 e. The van der Waals surface area contributed by atoms with Crippen molar-refractivity contribution in [2.45, 2.75) is 47.1 Å². The maximum absolute atomic E-state index is 10.6. The van der Waals surface area contributed by atoms with Crippen LogP contribution in [0.4, 0.5) is 0 Å². The number of allylic oxidation sites excluding steroid dienone is 4. The van der Waals surface area contributed by atoms with Crippen molar-refractivity contribution in [3.63, 3.8) is 0 Å². The Kier molecular flexibility index (Phi) is 7.68. The van der Waals surface area contributed by atoms with Gasteiger partial charge in [0.25, 0.3) is 0 Å². The van der Waals surface area contributed by atoms with Crippen molar-refractivity contribution in [2.75, 3.05) is 0 Å². The van der Waals surface area contributed by atoms with Gasteiger partial charge in [-0.05, 0) is 81.0 Å². The van der Waals surface area contributed by atoms with Crippen LogP contribution in [0.3, 0.4) is 0 Å². The zero-order chi connectivity index (χ0) is 21.6. The summed E-state index contributed by atoms with van der Waals surface area (Å²) in [6, 6.07) is 6.31. The van der Waals surface area contributed by atoms with Crippen LogP contribution in [0.1, 0.15) is 55.5 Å². The number of phenolic OH excluding ortho intramolecular Hbond substituents is 3. The summed E-state index contributed by atoms with van der Waals surface area (Å²) in [4.78, 5) is 0. The molecule has 0 atom stereocenters. The molecule has 2 aromatic rings. The average Bonchev–Trinajstić information content (AvgIpc) is 2.66. The molecule has 4 heteroatoms. The fourth-order valence-corrected chi connectivity index (χ4v) is 3.08. The van der Waals surface area contributed by atoms with E-state index in [0.29, 0.717) is 18.4 Å². The summed E-state index contributed by atoms with van der Waals surface area (Å²) in [5.74, 6) is -0.205. The summed E-state index contributed by atoms with van der Waals surface area (Å²) in [7, 11) is 0. The molecule has 0 spiro atoms. The second kappa shape index (κ2) is 9.99. The van der Waals surface area contributed by atoms with Crippen molar-refractivity contribution in [1.29, 1.82) is 0 Å². The van der Waals surface area contributed by atoms with Crippen LogP contribution in [0.2, 0.25) is 0 Å². The van der Waals surface area contributed by atoms with E-state index >= 15 is 0 Å². The first-order valence-electron chi connectivity index (χ1n) is 9.67. The lowest BCUT2D eigenvalue weighted by Gasteiger charge is -2.17. The van der Waals surface area contributed by atoms with E-state index in [1.165, 1.54) is 17.7 Å². The van der Waals surface area contributed by atoms with E-state index in [1.807, 2.05) is 39.8 Å². The number of aromatic hydroxyl groups is 3. The Bertz CT molecular complexity index is 957. The number of phenols is 3. The molecule has 154 valence electrons. The third-order valence-corrected chi connectivity index (χ3v) is 4.72. The van der Waals surface area contributed by atoms with E-state index in [2.05, 4.69) is 6.08 Å². The third kappa shape index (κ3) is 6.00. The minimum atomic E-state index is -0.187. The van der Waals surface area contributed by atoms with E-state index in [0.717, 1.165) is 27.8 Å². The van der Waals surface area contributed by atoms with Crippen LogP contribution in [0, 0.1) is 0 Å². The molecular weight excluding hydrogens is 364 g/mol. The second-order valence-corrected chi connectivity index (χ2v) is 7.63. The van der Waals surface area contributed by atoms with Gasteiger partial charge in [0.15, 0.2) is 11.5 Å². The maximum atomic E-state index is 10.6. The first-order valence-corrected chi connectivity index (χ1v) is 9.67. The van der Waals surface area contributed by atoms with E-state index in [-0.39, 0.29) is 23.9 Å². The molecule has 0 saturated heterocycles. The van der Waals surface area contributed by atoms with Crippen LogP contribution >= 0.6 is 0 Å². The number of hydrogen-bond donors (Lipinski definition) is 4. The standard InChI is InChI=1S/C25H30O4/c1-16(2)5-10-20-19(9-7-18-8-12-23(27)25(29)13-18)14-24(28)21(22(20)15-26)11-6-17(3)4/h5-9,12-14,26-29H,10-11,15H2,1-4H3/b9-7+. The van der Waals surface area contributed by atoms with Gasteiger partial charge in [-0.25, -0.2) is 0 Å². The summed E-state index contributed by atoms with van der Waals surface area (Å²) in [6.45, 7) is 7.90. The highest BCUT2D eigenvalue weighted by Crippen LogP contribution is 2.32. The summed E-state index contributed by atoms with van der Waals surface area (Å²) < 4.78 is 0. The van der Waals surface area contributed by atoms with Gasteiger partial charge in [-0.1, -0.05) is 41.5 Å². The van der Waals surface area contributed by atoms with Crippen LogP contribution in [0.25, 0.3) is 12.2 Å². The number of hydrogen-bond acceptors (Lipinski definition) is 4. The molecule has 2 aromatic carbocycles. The van der Waals surface area contributed by atoms with Crippen molar-refractivity contribution >= 4 is 12.2 Å². The molecule has 0 aromatic heterocycles. The van der Waals surface area contributed by atoms with Gasteiger partial charge in [-0.15, -0.1) is 0 Å². The first-order chi connectivity index (χ1) is 13.7. The van der Waals surface area contributed by atoms with Crippen LogP contribution in [0.5, 0.6) is 17.2 Å². The highest BCUT2D eigenvalue weighted by molar-refractivity contribution is 5.74. The van der Waals surface area contributed by atoms with Crippen molar-refractivity contribution in [1.82, 2.24) is 0 Å². The van der Waals surface area contributed by atoms with Gasteiger partial charge < -0.3 is 20.4 Å². The molecule has 0 aliphatic carbocycles. The Morgan fingerprint density at radius 3 is 1.90 bits per heavy atom. The van der Waals surface area contributed by atoms with Gasteiger partial charge in [-0.2, -0.15) is 0 Å². The minimum absolute atomic E-state index is 0.153. The molecule has 0 heterocycles. The summed E-state index contributed by atoms with van der Waals surface area (Å²) in [6.07, 6.45) is 8.98. The molecule has 29 heavy (non-hydrogen) atoms. The van der Waals surface area contributed by atoms with E-state index < -0.39 is 0 Å². The number of rotatable bonds is 7. The molecule has 0 aliphatic heterocycles. The van der Waals surface area contributed by atoms with Gasteiger partial charge in [0, 0.05) is 5.56 Å². The van der Waals surface area contributed by atoms with Crippen molar-refractivity contribution in [3.8, 4) is 17.2 Å². The lowest BCUT2D eigenvalue weighted by atomic mass is 9.90. The number of aliphatic hydroxyl groups is 1. The molecule has 4 nitrogen and oxygen atoms in total. The van der Waals surface area contributed by atoms with Crippen LogP contribution in [-0.4, -0.2) is 20.4 Å². The molecule has 4 N–H and O–H groups in total. The largest absolute Gasteiger partial charge is 0.508 e. The predicted octanol–water partition coefficient (Wildman–Crippen LogP) is 5.48. The molecule has 0 saturated carbocycles. The predicted molar refractivity (Wildman–Crippen MR) is 119 cm³/mol. The SMILES string of the molecule is CC(C)=CCc1c(O)cc(/C=C/c2ccc(O)c(O)c2)c(CC=C(C)C)c1CO. The van der Waals surface area contributed by atoms with Crippen molar-refractivity contribution in [2.24, 2.45) is 0 Å². The summed E-state index contributed by atoms with van der Waals surface area (Å²) in [5, 5.41) is 39.9. The van der Waals surface area contributed by atoms with Gasteiger partial charge in [0.1, 0.15) is 5.75 Å². The van der Waals surface area contributed by atoms with Gasteiger partial charge >= 0.3 is 0 Å². The van der Waals surface area contributed by atoms with E-state index in [4.69, 9.17) is 0 Å². The lowest BCUT2D eigenvalue weighted by molar-refractivity contribution is 0.279. The molecule has 2 rings (SSSR count). The Morgan fingerprint density at radius 2 is 1.34 bits per heavy atom. The lowest BCUT2D eigenvalue weighted by Crippen LogP contribution is -2.03. The third-order valence-electron chi connectivity index (χ3n) is 4.72. The van der Waals surface area contributed by atoms with Gasteiger partial charge in [0.05, 0.1) is 6.61 Å². The molecule has 0 fully saturated rings. The quantitative estimate of drug-likeness (QED) is 0.285. The molecule has 0 aliphatic rings. The Morgan fingerprint density at radius 1 is 0.724 bits per heavy atom. The summed E-state index contributed by atoms with van der Waals surface area (Å²) >= 11 is 0. The smallest absolute Gasteiger partial charge is 0.157 e. The van der Waals surface area contributed by atoms with Crippen LogP contribution < -0.4 is 0 Å². The summed E-state index contributed by atoms with van der Waals surface area (Å²) in [5.41, 5.74) is 6.28. The molecule has 0 amide bonds. The second-order valence-electron chi connectivity index (χ2n) is 7.63. The monoisotopic (exact) mass is 394 g/mol. The Labute approximate surface area is 172 Å². The van der Waals surface area contributed by atoms with Crippen LogP contribution in [-0.2, 0) is 19.4 Å². The fourth-order valence-electron chi connectivity index (χ4n) is 3.08. The number of aliphatic hydroxyl groups excluding tert-OH is 1. The fraction of sp³-hybridized carbons (Fsp3) is 0.280. The van der Waals surface area contributed by atoms with Crippen molar-refractivity contribution < 1.29 is 20.4 Å². The topological polar surface area (TPSA) is 80.9 Å². The zero-order valence-corrected chi connectivity index (χ0v) is 17.5. The van der Waals surface area contributed by atoms with Gasteiger partial charge in [-0.3, -0.25) is 0 Å². The minimum Gasteiger partial charge on any atom is -0.508 e. The van der Waals surface area contributed by atoms with E-state index in [9.17, 15) is 20.4 Å². The average molecular weight is 395 g/mol. The first kappa shape index (κ1) is 22.3. The highest BCUT2D eigenvalue weighted by Gasteiger charge is 2.15. The Hall–Kier alpha value is -2.98. The molecular formula is C25H30O4. The molecule has 0 unspecified atom stereocenters. The normalized spacial score (nSPS) is 10.9. The number of benzene rings is 2. The Balaban J connectivity index is 2.58. The molecule has 0 bridgehead atoms.